The van der Waals surface area contributed by atoms with Gasteiger partial charge in [-0.15, -0.1) is 0 Å². The molecule has 1 aromatic heterocycles. The minimum Gasteiger partial charge on any atom is -0.367 e. The molecule has 0 spiro atoms. The van der Waals surface area contributed by atoms with Gasteiger partial charge in [-0.1, -0.05) is 30.4 Å². The number of benzene rings is 1. The van der Waals surface area contributed by atoms with Crippen LogP contribution in [0.3, 0.4) is 0 Å². The molecule has 0 aliphatic carbocycles. The molecule has 0 unspecified atom stereocenters. The number of nitrogens with zero attached hydrogens (tertiary/aromatic N) is 3. The van der Waals surface area contributed by atoms with Crippen molar-refractivity contribution in [2.75, 3.05) is 42.9 Å². The normalized spacial score (nSPS) is 15.4. The summed E-state index contributed by atoms with van der Waals surface area (Å²) in [5, 5.41) is 3.00. The van der Waals surface area contributed by atoms with Crippen molar-refractivity contribution in [2.24, 2.45) is 0 Å². The first-order chi connectivity index (χ1) is 13.8. The smallest absolute Gasteiger partial charge is 0.248 e. The molecule has 2 aromatic rings. The molecule has 1 N–H and O–H groups in total. The fourth-order valence-electron chi connectivity index (χ4n) is 3.33. The van der Waals surface area contributed by atoms with Crippen molar-refractivity contribution in [1.29, 1.82) is 0 Å². The van der Waals surface area contributed by atoms with E-state index in [1.165, 1.54) is 5.56 Å². The van der Waals surface area contributed by atoms with Gasteiger partial charge >= 0.3 is 0 Å². The van der Waals surface area contributed by atoms with Crippen LogP contribution in [0.25, 0.3) is 0 Å². The number of rotatable bonds is 7. The Morgan fingerprint density at radius 1 is 1.07 bits per heavy atom. The number of pyridine rings is 1. The van der Waals surface area contributed by atoms with Crippen LogP contribution in [-0.2, 0) is 11.2 Å². The largest absolute Gasteiger partial charge is 0.367 e. The summed E-state index contributed by atoms with van der Waals surface area (Å²) < 4.78 is 0. The lowest BCUT2D eigenvalue weighted by Crippen LogP contribution is -2.47. The van der Waals surface area contributed by atoms with Crippen molar-refractivity contribution < 1.29 is 4.79 Å². The van der Waals surface area contributed by atoms with E-state index in [1.54, 1.807) is 12.2 Å². The van der Waals surface area contributed by atoms with Gasteiger partial charge in [0, 0.05) is 51.2 Å². The Kier molecular flexibility index (Phi) is 7.38. The van der Waals surface area contributed by atoms with Crippen molar-refractivity contribution in [2.45, 2.75) is 13.3 Å². The second kappa shape index (κ2) is 10.4. The summed E-state index contributed by atoms with van der Waals surface area (Å²) in [4.78, 5) is 21.1. The standard InChI is InChI=1S/C23H28N4O/c1-2-3-4-9-23(28)25-21-7-5-6-8-22(21)27-18-16-26(17-19-27)15-12-20-10-13-24-14-11-20/h2-11,13-14H,12,15-19H2,1H3,(H,25,28). The number of amides is 1. The molecule has 3 rings (SSSR count). The third kappa shape index (κ3) is 5.79. The molecule has 28 heavy (non-hydrogen) atoms. The summed E-state index contributed by atoms with van der Waals surface area (Å²) in [6, 6.07) is 12.2. The van der Waals surface area contributed by atoms with Gasteiger partial charge in [-0.25, -0.2) is 0 Å². The number of para-hydroxylation sites is 2. The van der Waals surface area contributed by atoms with E-state index in [1.807, 2.05) is 49.7 Å². The molecule has 0 radical (unpaired) electrons. The minimum atomic E-state index is -0.110. The summed E-state index contributed by atoms with van der Waals surface area (Å²) in [6.45, 7) is 6.94. The number of nitrogens with one attached hydrogen (secondary N) is 1. The summed E-state index contributed by atoms with van der Waals surface area (Å²) in [5.74, 6) is -0.110. The molecule has 5 nitrogen and oxygen atoms in total. The molecular formula is C23H28N4O. The van der Waals surface area contributed by atoms with Gasteiger partial charge < -0.3 is 10.2 Å². The number of carbonyl (C=O) groups is 1. The van der Waals surface area contributed by atoms with Crippen molar-refractivity contribution in [1.82, 2.24) is 9.88 Å². The van der Waals surface area contributed by atoms with Gasteiger partial charge in [-0.3, -0.25) is 14.7 Å². The Morgan fingerprint density at radius 2 is 1.82 bits per heavy atom. The second-order valence-corrected chi connectivity index (χ2v) is 6.83. The average molecular weight is 377 g/mol. The van der Waals surface area contributed by atoms with Gasteiger partial charge in [0.2, 0.25) is 5.91 Å². The van der Waals surface area contributed by atoms with Gasteiger partial charge in [0.1, 0.15) is 0 Å². The fourth-order valence-corrected chi connectivity index (χ4v) is 3.33. The molecule has 5 heteroatoms. The van der Waals surface area contributed by atoms with Crippen LogP contribution in [0.5, 0.6) is 0 Å². The molecule has 1 aromatic carbocycles. The van der Waals surface area contributed by atoms with Crippen LogP contribution < -0.4 is 10.2 Å². The molecule has 0 atom stereocenters. The zero-order chi connectivity index (χ0) is 19.6. The molecular weight excluding hydrogens is 348 g/mol. The van der Waals surface area contributed by atoms with Gasteiger partial charge in [-0.2, -0.15) is 0 Å². The highest BCUT2D eigenvalue weighted by molar-refractivity contribution is 6.01. The monoisotopic (exact) mass is 376 g/mol. The Bertz CT molecular complexity index is 808. The summed E-state index contributed by atoms with van der Waals surface area (Å²) >= 11 is 0. The molecule has 0 bridgehead atoms. The van der Waals surface area contributed by atoms with Crippen LogP contribution in [0.1, 0.15) is 12.5 Å². The molecule has 1 aliphatic rings. The predicted octanol–water partition coefficient (Wildman–Crippen LogP) is 3.52. The van der Waals surface area contributed by atoms with Crippen molar-refractivity contribution in [3.63, 3.8) is 0 Å². The SMILES string of the molecule is CC=CC=CC(=O)Nc1ccccc1N1CCN(CCc2ccncc2)CC1. The fraction of sp³-hybridized carbons (Fsp3) is 0.304. The lowest BCUT2D eigenvalue weighted by molar-refractivity contribution is -0.111. The molecule has 1 amide bonds. The van der Waals surface area contributed by atoms with Gasteiger partial charge in [0.05, 0.1) is 11.4 Å². The first-order valence-corrected chi connectivity index (χ1v) is 9.82. The van der Waals surface area contributed by atoms with Crippen LogP contribution >= 0.6 is 0 Å². The average Bonchev–Trinajstić information content (AvgIpc) is 2.74. The first-order valence-electron chi connectivity index (χ1n) is 9.82. The van der Waals surface area contributed by atoms with Crippen molar-refractivity contribution >= 4 is 17.3 Å². The Labute approximate surface area is 167 Å². The lowest BCUT2D eigenvalue weighted by atomic mass is 10.1. The van der Waals surface area contributed by atoms with E-state index in [-0.39, 0.29) is 5.91 Å². The van der Waals surface area contributed by atoms with E-state index in [4.69, 9.17) is 0 Å². The molecule has 2 heterocycles. The van der Waals surface area contributed by atoms with Crippen molar-refractivity contribution in [3.8, 4) is 0 Å². The zero-order valence-corrected chi connectivity index (χ0v) is 16.4. The molecule has 1 saturated heterocycles. The van der Waals surface area contributed by atoms with Gasteiger partial charge in [0.25, 0.3) is 0 Å². The second-order valence-electron chi connectivity index (χ2n) is 6.83. The highest BCUT2D eigenvalue weighted by atomic mass is 16.1. The van der Waals surface area contributed by atoms with Crippen LogP contribution in [-0.4, -0.2) is 48.5 Å². The first kappa shape index (κ1) is 19.8. The topological polar surface area (TPSA) is 48.5 Å². The Morgan fingerprint density at radius 3 is 2.57 bits per heavy atom. The molecule has 0 saturated carbocycles. The summed E-state index contributed by atoms with van der Waals surface area (Å²) in [7, 11) is 0. The van der Waals surface area contributed by atoms with E-state index < -0.39 is 0 Å². The zero-order valence-electron chi connectivity index (χ0n) is 16.4. The number of hydrogen-bond donors (Lipinski definition) is 1. The summed E-state index contributed by atoms with van der Waals surface area (Å²) in [5.41, 5.74) is 3.28. The quantitative estimate of drug-likeness (QED) is 0.593. The van der Waals surface area contributed by atoms with Crippen molar-refractivity contribution in [3.05, 3.63) is 78.7 Å². The van der Waals surface area contributed by atoms with Gasteiger partial charge in [-0.05, 0) is 43.2 Å². The van der Waals surface area contributed by atoms with E-state index in [0.717, 1.165) is 50.5 Å². The molecule has 1 aliphatic heterocycles. The molecule has 146 valence electrons. The third-order valence-electron chi connectivity index (χ3n) is 4.89. The number of anilines is 2. The lowest BCUT2D eigenvalue weighted by Gasteiger charge is -2.37. The maximum atomic E-state index is 12.1. The Balaban J connectivity index is 1.54. The number of hydrogen-bond acceptors (Lipinski definition) is 4. The van der Waals surface area contributed by atoms with Gasteiger partial charge in [0.15, 0.2) is 0 Å². The highest BCUT2D eigenvalue weighted by Crippen LogP contribution is 2.26. The van der Waals surface area contributed by atoms with Crippen LogP contribution in [0.2, 0.25) is 0 Å². The molecule has 1 fully saturated rings. The third-order valence-corrected chi connectivity index (χ3v) is 4.89. The van der Waals surface area contributed by atoms with E-state index >= 15 is 0 Å². The maximum absolute atomic E-state index is 12.1. The number of allylic oxidation sites excluding steroid dienone is 3. The minimum absolute atomic E-state index is 0.110. The van der Waals surface area contributed by atoms with Crippen LogP contribution in [0.4, 0.5) is 11.4 Å². The Hall–Kier alpha value is -2.92. The number of piperazine rings is 1. The highest BCUT2D eigenvalue weighted by Gasteiger charge is 2.19. The predicted molar refractivity (Wildman–Crippen MR) is 116 cm³/mol. The maximum Gasteiger partial charge on any atom is 0.248 e. The van der Waals surface area contributed by atoms with Crippen LogP contribution in [0, 0.1) is 0 Å². The van der Waals surface area contributed by atoms with E-state index in [9.17, 15) is 4.79 Å². The number of carbonyl (C=O) groups excluding carboxylic acids is 1. The van der Waals surface area contributed by atoms with E-state index in [0.29, 0.717) is 0 Å². The number of aromatic nitrogens is 1. The summed E-state index contributed by atoms with van der Waals surface area (Å²) in [6.07, 6.45) is 11.8. The van der Waals surface area contributed by atoms with E-state index in [2.05, 4.69) is 38.3 Å². The van der Waals surface area contributed by atoms with Crippen LogP contribution in [0.15, 0.2) is 73.1 Å².